The molecule has 4 aromatic rings. The molecule has 0 saturated carbocycles. The van der Waals surface area contributed by atoms with Crippen molar-refractivity contribution in [1.82, 2.24) is 0 Å². The molecule has 0 bridgehead atoms. The summed E-state index contributed by atoms with van der Waals surface area (Å²) in [7, 11) is 0. The van der Waals surface area contributed by atoms with Crippen molar-refractivity contribution in [1.29, 1.82) is 0 Å². The average Bonchev–Trinajstić information content (AvgIpc) is 2.52. The first kappa shape index (κ1) is 11.7. The minimum absolute atomic E-state index is 1.09. The lowest BCUT2D eigenvalue weighted by atomic mass is 9.88. The van der Waals surface area contributed by atoms with E-state index in [2.05, 4.69) is 62.4 Å². The fourth-order valence-corrected chi connectivity index (χ4v) is 3.55. The highest BCUT2D eigenvalue weighted by Crippen LogP contribution is 2.38. The fourth-order valence-electron chi connectivity index (χ4n) is 3.55. The monoisotopic (exact) mass is 258 g/mol. The molecule has 0 N–H and O–H groups in total. The standard InChI is InChI=1S/C20H18/c1-3-13-8-9-16-11-10-15-6-5-7-17-14(4-2)12-18(13)20(16)19(15)17/h5-12H,3-4H2,1-2H3. The molecule has 4 aromatic carbocycles. The van der Waals surface area contributed by atoms with E-state index in [0.717, 1.165) is 12.8 Å². The highest BCUT2D eigenvalue weighted by atomic mass is 14.2. The van der Waals surface area contributed by atoms with Gasteiger partial charge in [0.05, 0.1) is 0 Å². The van der Waals surface area contributed by atoms with Crippen LogP contribution in [0.25, 0.3) is 32.3 Å². The van der Waals surface area contributed by atoms with Gasteiger partial charge in [-0.05, 0) is 56.3 Å². The number of hydrogen-bond acceptors (Lipinski definition) is 0. The fraction of sp³-hybridized carbons (Fsp3) is 0.200. The Morgan fingerprint density at radius 3 is 2.05 bits per heavy atom. The van der Waals surface area contributed by atoms with Gasteiger partial charge in [0.2, 0.25) is 0 Å². The zero-order chi connectivity index (χ0) is 13.7. The molecule has 0 amide bonds. The van der Waals surface area contributed by atoms with E-state index in [9.17, 15) is 0 Å². The van der Waals surface area contributed by atoms with Gasteiger partial charge >= 0.3 is 0 Å². The maximum absolute atomic E-state index is 2.42. The zero-order valence-corrected chi connectivity index (χ0v) is 12.0. The smallest absolute Gasteiger partial charge is 0.00238 e. The van der Waals surface area contributed by atoms with Crippen LogP contribution in [0, 0.1) is 0 Å². The second kappa shape index (κ2) is 4.21. The van der Waals surface area contributed by atoms with Crippen molar-refractivity contribution in [3.63, 3.8) is 0 Å². The number of benzene rings is 4. The van der Waals surface area contributed by atoms with Gasteiger partial charge in [-0.3, -0.25) is 0 Å². The molecule has 0 saturated heterocycles. The first-order valence-electron chi connectivity index (χ1n) is 7.51. The number of rotatable bonds is 2. The third-order valence-corrected chi connectivity index (χ3v) is 4.58. The van der Waals surface area contributed by atoms with Crippen molar-refractivity contribution in [3.05, 3.63) is 59.7 Å². The van der Waals surface area contributed by atoms with E-state index in [1.54, 1.807) is 0 Å². The second-order valence-electron chi connectivity index (χ2n) is 5.58. The van der Waals surface area contributed by atoms with Crippen LogP contribution in [0.5, 0.6) is 0 Å². The normalized spacial score (nSPS) is 11.9. The molecule has 0 aromatic heterocycles. The highest BCUT2D eigenvalue weighted by molar-refractivity contribution is 6.24. The van der Waals surface area contributed by atoms with E-state index >= 15 is 0 Å². The summed E-state index contributed by atoms with van der Waals surface area (Å²) in [5.74, 6) is 0. The van der Waals surface area contributed by atoms with Crippen molar-refractivity contribution in [3.8, 4) is 0 Å². The molecule has 0 fully saturated rings. The van der Waals surface area contributed by atoms with Gasteiger partial charge in [0, 0.05) is 0 Å². The van der Waals surface area contributed by atoms with Crippen LogP contribution < -0.4 is 0 Å². The van der Waals surface area contributed by atoms with Crippen LogP contribution in [0.3, 0.4) is 0 Å². The van der Waals surface area contributed by atoms with Crippen molar-refractivity contribution in [2.45, 2.75) is 26.7 Å². The zero-order valence-electron chi connectivity index (χ0n) is 12.0. The van der Waals surface area contributed by atoms with Gasteiger partial charge in [-0.2, -0.15) is 0 Å². The average molecular weight is 258 g/mol. The third-order valence-electron chi connectivity index (χ3n) is 4.58. The Morgan fingerprint density at radius 2 is 1.30 bits per heavy atom. The summed E-state index contributed by atoms with van der Waals surface area (Å²) in [6.07, 6.45) is 2.18. The van der Waals surface area contributed by atoms with Crippen LogP contribution in [-0.4, -0.2) is 0 Å². The molecule has 0 atom stereocenters. The molecule has 0 aliphatic heterocycles. The van der Waals surface area contributed by atoms with Crippen LogP contribution in [0.2, 0.25) is 0 Å². The van der Waals surface area contributed by atoms with E-state index < -0.39 is 0 Å². The van der Waals surface area contributed by atoms with Gasteiger partial charge in [-0.1, -0.05) is 62.4 Å². The lowest BCUT2D eigenvalue weighted by Crippen LogP contribution is -1.92. The predicted octanol–water partition coefficient (Wildman–Crippen LogP) is 5.71. The van der Waals surface area contributed by atoms with E-state index in [4.69, 9.17) is 0 Å². The van der Waals surface area contributed by atoms with Crippen molar-refractivity contribution in [2.75, 3.05) is 0 Å². The molecule has 0 spiro atoms. The van der Waals surface area contributed by atoms with E-state index in [1.165, 1.54) is 43.4 Å². The summed E-state index contributed by atoms with van der Waals surface area (Å²) >= 11 is 0. The summed E-state index contributed by atoms with van der Waals surface area (Å²) in [5.41, 5.74) is 2.93. The molecule has 4 rings (SSSR count). The van der Waals surface area contributed by atoms with Gasteiger partial charge in [-0.15, -0.1) is 0 Å². The molecule has 0 heterocycles. The molecule has 0 aliphatic carbocycles. The van der Waals surface area contributed by atoms with E-state index in [1.807, 2.05) is 0 Å². The molecule has 0 heteroatoms. The first-order chi connectivity index (χ1) is 9.83. The van der Waals surface area contributed by atoms with Crippen molar-refractivity contribution < 1.29 is 0 Å². The van der Waals surface area contributed by atoms with Gasteiger partial charge in [0.15, 0.2) is 0 Å². The third kappa shape index (κ3) is 1.42. The molecular weight excluding hydrogens is 240 g/mol. The molecule has 98 valence electrons. The minimum atomic E-state index is 1.09. The van der Waals surface area contributed by atoms with Crippen LogP contribution in [-0.2, 0) is 12.8 Å². The van der Waals surface area contributed by atoms with Gasteiger partial charge in [0.25, 0.3) is 0 Å². The Morgan fingerprint density at radius 1 is 0.650 bits per heavy atom. The summed E-state index contributed by atoms with van der Waals surface area (Å²) in [4.78, 5) is 0. The van der Waals surface area contributed by atoms with Crippen molar-refractivity contribution in [2.24, 2.45) is 0 Å². The molecule has 0 unspecified atom stereocenters. The SMILES string of the molecule is CCc1cc2c(CC)ccc3ccc4cccc1c4c32. The number of aryl methyl sites for hydroxylation is 2. The molecule has 0 aliphatic rings. The summed E-state index contributed by atoms with van der Waals surface area (Å²) in [6, 6.07) is 18.2. The van der Waals surface area contributed by atoms with Crippen LogP contribution in [0.1, 0.15) is 25.0 Å². The maximum atomic E-state index is 2.42. The maximum Gasteiger partial charge on any atom is -0.00238 e. The molecule has 0 radical (unpaired) electrons. The Labute approximate surface area is 119 Å². The highest BCUT2D eigenvalue weighted by Gasteiger charge is 2.12. The van der Waals surface area contributed by atoms with Gasteiger partial charge in [0.1, 0.15) is 0 Å². The van der Waals surface area contributed by atoms with Gasteiger partial charge in [-0.25, -0.2) is 0 Å². The summed E-state index contributed by atoms with van der Waals surface area (Å²) in [5, 5.41) is 8.51. The molecule has 20 heavy (non-hydrogen) atoms. The summed E-state index contributed by atoms with van der Waals surface area (Å²) < 4.78 is 0. The van der Waals surface area contributed by atoms with Crippen LogP contribution in [0.15, 0.2) is 48.5 Å². The van der Waals surface area contributed by atoms with Gasteiger partial charge < -0.3 is 0 Å². The molecular formula is C20H18. The minimum Gasteiger partial charge on any atom is -0.0613 e. The Hall–Kier alpha value is -2.08. The Balaban J connectivity index is 2.38. The Kier molecular flexibility index (Phi) is 2.47. The lowest BCUT2D eigenvalue weighted by molar-refractivity contribution is 1.15. The van der Waals surface area contributed by atoms with Crippen molar-refractivity contribution >= 4 is 32.3 Å². The van der Waals surface area contributed by atoms with Crippen LogP contribution >= 0.6 is 0 Å². The summed E-state index contributed by atoms with van der Waals surface area (Å²) in [6.45, 7) is 4.50. The molecule has 0 nitrogen and oxygen atoms in total. The predicted molar refractivity (Wildman–Crippen MR) is 88.9 cm³/mol. The second-order valence-corrected chi connectivity index (χ2v) is 5.58. The lowest BCUT2D eigenvalue weighted by Gasteiger charge is -2.16. The van der Waals surface area contributed by atoms with Crippen LogP contribution in [0.4, 0.5) is 0 Å². The first-order valence-corrected chi connectivity index (χ1v) is 7.51. The number of hydrogen-bond donors (Lipinski definition) is 0. The Bertz CT molecular complexity index is 900. The van der Waals surface area contributed by atoms with E-state index in [0.29, 0.717) is 0 Å². The largest absolute Gasteiger partial charge is 0.0613 e. The topological polar surface area (TPSA) is 0 Å². The quantitative estimate of drug-likeness (QED) is 0.404. The van der Waals surface area contributed by atoms with E-state index in [-0.39, 0.29) is 0 Å².